The summed E-state index contributed by atoms with van der Waals surface area (Å²) in [5.41, 5.74) is 1.25. The quantitative estimate of drug-likeness (QED) is 0.738. The maximum atomic E-state index is 12.5. The lowest BCUT2D eigenvalue weighted by atomic mass is 10.0. The molecule has 154 valence electrons. The van der Waals surface area contributed by atoms with Crippen LogP contribution in [0.2, 0.25) is 0 Å². The second kappa shape index (κ2) is 9.19. The fourth-order valence-electron chi connectivity index (χ4n) is 3.28. The molecular formula is C21H32N4O3. The molecule has 0 radical (unpaired) electrons. The van der Waals surface area contributed by atoms with Crippen LogP contribution < -0.4 is 16.0 Å². The van der Waals surface area contributed by atoms with Gasteiger partial charge in [-0.05, 0) is 59.1 Å². The lowest BCUT2D eigenvalue weighted by molar-refractivity contribution is -0.125. The molecule has 0 bridgehead atoms. The molecule has 1 heterocycles. The van der Waals surface area contributed by atoms with Gasteiger partial charge in [0.25, 0.3) is 5.91 Å². The standard InChI is InChI=1S/C21H32N4O3/c1-14-8-6-7-9-17(14)19(27)22-16-10-12-25(13-11-16)15(2)18(26)23-20(28)24-21(3,4)5/h6-9,15-16H,10-13H2,1-5H3,(H,22,27)(H2,23,24,26,28). The number of nitrogens with one attached hydrogen (secondary N) is 3. The second-order valence-electron chi connectivity index (χ2n) is 8.47. The van der Waals surface area contributed by atoms with Crippen molar-refractivity contribution < 1.29 is 14.4 Å². The highest BCUT2D eigenvalue weighted by Crippen LogP contribution is 2.15. The molecule has 0 aromatic heterocycles. The highest BCUT2D eigenvalue weighted by Gasteiger charge is 2.28. The van der Waals surface area contributed by atoms with Crippen LogP contribution in [0.1, 0.15) is 56.5 Å². The normalized spacial score (nSPS) is 16.9. The van der Waals surface area contributed by atoms with Gasteiger partial charge in [0, 0.05) is 30.2 Å². The van der Waals surface area contributed by atoms with Crippen LogP contribution in [0.25, 0.3) is 0 Å². The van der Waals surface area contributed by atoms with Gasteiger partial charge in [0.15, 0.2) is 0 Å². The molecule has 0 spiro atoms. The minimum Gasteiger partial charge on any atom is -0.349 e. The number of imide groups is 1. The largest absolute Gasteiger partial charge is 0.349 e. The number of hydrogen-bond donors (Lipinski definition) is 3. The van der Waals surface area contributed by atoms with Crippen LogP contribution in [0, 0.1) is 6.92 Å². The average Bonchev–Trinajstić information content (AvgIpc) is 2.60. The van der Waals surface area contributed by atoms with Crippen molar-refractivity contribution >= 4 is 17.8 Å². The smallest absolute Gasteiger partial charge is 0.321 e. The minimum atomic E-state index is -0.482. The first-order valence-corrected chi connectivity index (χ1v) is 9.80. The summed E-state index contributed by atoms with van der Waals surface area (Å²) in [6.07, 6.45) is 1.53. The van der Waals surface area contributed by atoms with Crippen molar-refractivity contribution in [2.24, 2.45) is 0 Å². The van der Waals surface area contributed by atoms with Gasteiger partial charge in [-0.2, -0.15) is 0 Å². The second-order valence-corrected chi connectivity index (χ2v) is 8.47. The van der Waals surface area contributed by atoms with Crippen LogP contribution in [-0.2, 0) is 4.79 Å². The predicted molar refractivity (Wildman–Crippen MR) is 109 cm³/mol. The SMILES string of the molecule is Cc1ccccc1C(=O)NC1CCN(C(C)C(=O)NC(=O)NC(C)(C)C)CC1. The molecule has 1 fully saturated rings. The summed E-state index contributed by atoms with van der Waals surface area (Å²) in [4.78, 5) is 38.7. The summed E-state index contributed by atoms with van der Waals surface area (Å²) in [5.74, 6) is -0.370. The van der Waals surface area contributed by atoms with Crippen LogP contribution in [0.15, 0.2) is 24.3 Å². The van der Waals surface area contributed by atoms with E-state index in [0.29, 0.717) is 18.7 Å². The third-order valence-electron chi connectivity index (χ3n) is 4.91. The number of likely N-dealkylation sites (tertiary alicyclic amines) is 1. The molecule has 0 aliphatic carbocycles. The lowest BCUT2D eigenvalue weighted by Crippen LogP contribution is -2.55. The number of carbonyl (C=O) groups excluding carboxylic acids is 3. The molecule has 1 atom stereocenters. The van der Waals surface area contributed by atoms with Crippen LogP contribution in [-0.4, -0.2) is 53.5 Å². The van der Waals surface area contributed by atoms with Gasteiger partial charge < -0.3 is 10.6 Å². The number of rotatable bonds is 4. The van der Waals surface area contributed by atoms with Crippen LogP contribution in [0.3, 0.4) is 0 Å². The Morgan fingerprint density at radius 3 is 2.29 bits per heavy atom. The summed E-state index contributed by atoms with van der Waals surface area (Å²) >= 11 is 0. The van der Waals surface area contributed by atoms with Crippen molar-refractivity contribution in [2.45, 2.75) is 65.1 Å². The number of aryl methyl sites for hydroxylation is 1. The lowest BCUT2D eigenvalue weighted by Gasteiger charge is -2.35. The van der Waals surface area contributed by atoms with Crippen LogP contribution >= 0.6 is 0 Å². The molecule has 3 N–H and O–H groups in total. The number of urea groups is 1. The Bertz CT molecular complexity index is 719. The topological polar surface area (TPSA) is 90.5 Å². The van der Waals surface area contributed by atoms with Crippen LogP contribution in [0.4, 0.5) is 4.79 Å². The van der Waals surface area contributed by atoms with Gasteiger partial charge in [0.05, 0.1) is 6.04 Å². The zero-order valence-electron chi connectivity index (χ0n) is 17.5. The third-order valence-corrected chi connectivity index (χ3v) is 4.91. The predicted octanol–water partition coefficient (Wildman–Crippen LogP) is 2.20. The third kappa shape index (κ3) is 6.34. The zero-order chi connectivity index (χ0) is 20.9. The van der Waals surface area contributed by atoms with Crippen LogP contribution in [0.5, 0.6) is 0 Å². The molecule has 1 unspecified atom stereocenters. The molecule has 28 heavy (non-hydrogen) atoms. The van der Waals surface area contributed by atoms with Crippen molar-refractivity contribution in [1.29, 1.82) is 0 Å². The Morgan fingerprint density at radius 1 is 1.11 bits per heavy atom. The molecule has 7 heteroatoms. The maximum absolute atomic E-state index is 12.5. The summed E-state index contributed by atoms with van der Waals surface area (Å²) in [7, 11) is 0. The van der Waals surface area contributed by atoms with E-state index in [-0.39, 0.29) is 17.9 Å². The fraction of sp³-hybridized carbons (Fsp3) is 0.571. The van der Waals surface area contributed by atoms with Gasteiger partial charge in [0.1, 0.15) is 0 Å². The summed E-state index contributed by atoms with van der Waals surface area (Å²) in [6.45, 7) is 10.7. The molecule has 1 aromatic rings. The first-order valence-electron chi connectivity index (χ1n) is 9.80. The molecule has 1 aromatic carbocycles. The van der Waals surface area contributed by atoms with E-state index < -0.39 is 17.6 Å². The van der Waals surface area contributed by atoms with E-state index in [1.165, 1.54) is 0 Å². The summed E-state index contributed by atoms with van der Waals surface area (Å²) in [5, 5.41) is 8.22. The van der Waals surface area contributed by atoms with E-state index in [0.717, 1.165) is 18.4 Å². The van der Waals surface area contributed by atoms with E-state index in [4.69, 9.17) is 0 Å². The highest BCUT2D eigenvalue weighted by atomic mass is 16.2. The Kier molecular flexibility index (Phi) is 7.18. The number of nitrogens with zero attached hydrogens (tertiary/aromatic N) is 1. The number of amides is 4. The Hall–Kier alpha value is -2.41. The minimum absolute atomic E-state index is 0.0545. The van der Waals surface area contributed by atoms with Gasteiger partial charge >= 0.3 is 6.03 Å². The monoisotopic (exact) mass is 388 g/mol. The maximum Gasteiger partial charge on any atom is 0.321 e. The fourth-order valence-corrected chi connectivity index (χ4v) is 3.28. The van der Waals surface area contributed by atoms with E-state index in [1.54, 1.807) is 6.92 Å². The van der Waals surface area contributed by atoms with Gasteiger partial charge in [-0.1, -0.05) is 18.2 Å². The number of carbonyl (C=O) groups is 3. The van der Waals surface area contributed by atoms with Gasteiger partial charge in [-0.25, -0.2) is 4.79 Å². The van der Waals surface area contributed by atoms with Crippen molar-refractivity contribution in [3.05, 3.63) is 35.4 Å². The Morgan fingerprint density at radius 2 is 1.71 bits per heavy atom. The van der Waals surface area contributed by atoms with E-state index in [2.05, 4.69) is 16.0 Å². The first kappa shape index (κ1) is 21.9. The van der Waals surface area contributed by atoms with E-state index in [9.17, 15) is 14.4 Å². The van der Waals surface area contributed by atoms with Crippen molar-refractivity contribution in [3.8, 4) is 0 Å². The molecule has 7 nitrogen and oxygen atoms in total. The van der Waals surface area contributed by atoms with E-state index in [1.807, 2.05) is 56.9 Å². The molecule has 2 rings (SSSR count). The van der Waals surface area contributed by atoms with E-state index >= 15 is 0 Å². The van der Waals surface area contributed by atoms with Crippen molar-refractivity contribution in [3.63, 3.8) is 0 Å². The summed E-state index contributed by atoms with van der Waals surface area (Å²) < 4.78 is 0. The molecular weight excluding hydrogens is 356 g/mol. The van der Waals surface area contributed by atoms with Gasteiger partial charge in [-0.15, -0.1) is 0 Å². The summed E-state index contributed by atoms with van der Waals surface area (Å²) in [6, 6.07) is 6.73. The Labute approximate surface area is 167 Å². The number of hydrogen-bond acceptors (Lipinski definition) is 4. The average molecular weight is 389 g/mol. The zero-order valence-corrected chi connectivity index (χ0v) is 17.5. The Balaban J connectivity index is 1.81. The molecule has 1 aliphatic rings. The molecule has 0 saturated carbocycles. The number of benzene rings is 1. The molecule has 1 aliphatic heterocycles. The molecule has 1 saturated heterocycles. The van der Waals surface area contributed by atoms with Gasteiger partial charge in [-0.3, -0.25) is 19.8 Å². The first-order chi connectivity index (χ1) is 13.1. The highest BCUT2D eigenvalue weighted by molar-refractivity contribution is 5.97. The van der Waals surface area contributed by atoms with Gasteiger partial charge in [0.2, 0.25) is 5.91 Å². The van der Waals surface area contributed by atoms with Crippen molar-refractivity contribution in [1.82, 2.24) is 20.9 Å². The van der Waals surface area contributed by atoms with Crippen molar-refractivity contribution in [2.75, 3.05) is 13.1 Å². The number of piperidine rings is 1. The molecule has 4 amide bonds.